The first kappa shape index (κ1) is 17.0. The second-order valence-electron chi connectivity index (χ2n) is 4.37. The van der Waals surface area contributed by atoms with Crippen molar-refractivity contribution in [3.8, 4) is 0 Å². The highest BCUT2D eigenvalue weighted by Crippen LogP contribution is 2.24. The number of ether oxygens (including phenoxy) is 1. The van der Waals surface area contributed by atoms with Gasteiger partial charge in [0, 0.05) is 37.9 Å². The number of hydrogen-bond donors (Lipinski definition) is 2. The summed E-state index contributed by atoms with van der Waals surface area (Å²) < 4.78 is 4.98. The van der Waals surface area contributed by atoms with Crippen LogP contribution < -0.4 is 5.32 Å². The van der Waals surface area contributed by atoms with E-state index in [1.807, 2.05) is 0 Å². The number of benzene rings is 1. The van der Waals surface area contributed by atoms with Crippen LogP contribution in [-0.2, 0) is 11.3 Å². The standard InChI is InChI=1S/C12H17N3O6/c1-21-8-10(4-5-16)13-7-9-2-3-11(14(17)18)6-12(9)15(19)20/h2-3,6,10,13,16H,4-5,7-8H2,1H3. The molecule has 1 aromatic rings. The summed E-state index contributed by atoms with van der Waals surface area (Å²) in [4.78, 5) is 20.3. The molecule has 1 aromatic carbocycles. The third-order valence-corrected chi connectivity index (χ3v) is 2.90. The third-order valence-electron chi connectivity index (χ3n) is 2.90. The van der Waals surface area contributed by atoms with Crippen molar-refractivity contribution in [2.24, 2.45) is 0 Å². The number of methoxy groups -OCH3 is 1. The lowest BCUT2D eigenvalue weighted by Crippen LogP contribution is -2.33. The predicted molar refractivity (Wildman–Crippen MR) is 74.0 cm³/mol. The molecule has 0 fully saturated rings. The summed E-state index contributed by atoms with van der Waals surface area (Å²) in [6.07, 6.45) is 0.439. The topological polar surface area (TPSA) is 128 Å². The smallest absolute Gasteiger partial charge is 0.280 e. The van der Waals surface area contributed by atoms with E-state index in [0.29, 0.717) is 18.6 Å². The van der Waals surface area contributed by atoms with Gasteiger partial charge in [0.15, 0.2) is 0 Å². The summed E-state index contributed by atoms with van der Waals surface area (Å²) in [5, 5.41) is 33.6. The van der Waals surface area contributed by atoms with E-state index in [0.717, 1.165) is 6.07 Å². The fourth-order valence-corrected chi connectivity index (χ4v) is 1.84. The number of rotatable bonds is 9. The number of nitro groups is 2. The predicted octanol–water partition coefficient (Wildman–Crippen LogP) is 0.990. The number of hydrogen-bond acceptors (Lipinski definition) is 7. The molecule has 1 rings (SSSR count). The van der Waals surface area contributed by atoms with Crippen LogP contribution in [0.5, 0.6) is 0 Å². The van der Waals surface area contributed by atoms with E-state index in [4.69, 9.17) is 9.84 Å². The summed E-state index contributed by atoms with van der Waals surface area (Å²) in [5.41, 5.74) is -0.296. The lowest BCUT2D eigenvalue weighted by Gasteiger charge is -2.16. The van der Waals surface area contributed by atoms with Gasteiger partial charge in [0.1, 0.15) is 0 Å². The van der Waals surface area contributed by atoms with Crippen LogP contribution >= 0.6 is 0 Å². The molecule has 1 unspecified atom stereocenters. The van der Waals surface area contributed by atoms with E-state index < -0.39 is 9.85 Å². The Labute approximate surface area is 120 Å². The van der Waals surface area contributed by atoms with Crippen molar-refractivity contribution in [1.29, 1.82) is 0 Å². The Kier molecular flexibility index (Phi) is 6.66. The van der Waals surface area contributed by atoms with E-state index in [-0.39, 0.29) is 30.6 Å². The van der Waals surface area contributed by atoms with Gasteiger partial charge >= 0.3 is 0 Å². The molecule has 116 valence electrons. The van der Waals surface area contributed by atoms with E-state index in [1.54, 1.807) is 0 Å². The fourth-order valence-electron chi connectivity index (χ4n) is 1.84. The summed E-state index contributed by atoms with van der Waals surface area (Å²) >= 11 is 0. The van der Waals surface area contributed by atoms with Crippen LogP contribution in [0.15, 0.2) is 18.2 Å². The van der Waals surface area contributed by atoms with E-state index in [1.165, 1.54) is 19.2 Å². The molecule has 0 amide bonds. The minimum Gasteiger partial charge on any atom is -0.396 e. The van der Waals surface area contributed by atoms with Gasteiger partial charge in [-0.25, -0.2) is 0 Å². The molecule has 0 aliphatic rings. The molecule has 9 heteroatoms. The highest BCUT2D eigenvalue weighted by Gasteiger charge is 2.19. The van der Waals surface area contributed by atoms with Crippen LogP contribution in [0.25, 0.3) is 0 Å². The molecule has 21 heavy (non-hydrogen) atoms. The molecule has 0 radical (unpaired) electrons. The average molecular weight is 299 g/mol. The zero-order chi connectivity index (χ0) is 15.8. The number of aliphatic hydroxyl groups is 1. The molecule has 0 spiro atoms. The number of nitrogens with one attached hydrogen (secondary N) is 1. The molecule has 0 bridgehead atoms. The second-order valence-corrected chi connectivity index (χ2v) is 4.37. The molecule has 0 saturated heterocycles. The van der Waals surface area contributed by atoms with E-state index in [2.05, 4.69) is 5.32 Å². The van der Waals surface area contributed by atoms with Crippen molar-refractivity contribution in [3.63, 3.8) is 0 Å². The number of nitro benzene ring substituents is 2. The van der Waals surface area contributed by atoms with Gasteiger partial charge in [0.05, 0.1) is 22.5 Å². The van der Waals surface area contributed by atoms with Crippen molar-refractivity contribution < 1.29 is 19.7 Å². The number of aliphatic hydroxyl groups excluding tert-OH is 1. The van der Waals surface area contributed by atoms with Crippen molar-refractivity contribution in [3.05, 3.63) is 44.0 Å². The average Bonchev–Trinajstić information content (AvgIpc) is 2.44. The van der Waals surface area contributed by atoms with Gasteiger partial charge in [-0.05, 0) is 12.5 Å². The Morgan fingerprint density at radius 1 is 1.33 bits per heavy atom. The van der Waals surface area contributed by atoms with Crippen molar-refractivity contribution in [1.82, 2.24) is 5.32 Å². The maximum atomic E-state index is 11.0. The quantitative estimate of drug-likeness (QED) is 0.514. The molecule has 0 aromatic heterocycles. The van der Waals surface area contributed by atoms with E-state index >= 15 is 0 Å². The zero-order valence-electron chi connectivity index (χ0n) is 11.5. The Bertz CT molecular complexity index is 502. The molecular weight excluding hydrogens is 282 g/mol. The first-order valence-electron chi connectivity index (χ1n) is 6.24. The second kappa shape index (κ2) is 8.25. The molecule has 0 aliphatic heterocycles. The van der Waals surface area contributed by atoms with Crippen molar-refractivity contribution in [2.45, 2.75) is 19.0 Å². The van der Waals surface area contributed by atoms with Crippen LogP contribution in [0.2, 0.25) is 0 Å². The van der Waals surface area contributed by atoms with Crippen LogP contribution in [0.1, 0.15) is 12.0 Å². The lowest BCUT2D eigenvalue weighted by atomic mass is 10.1. The third kappa shape index (κ3) is 5.06. The Balaban J connectivity index is 2.86. The van der Waals surface area contributed by atoms with Crippen LogP contribution in [-0.4, -0.2) is 41.3 Å². The van der Waals surface area contributed by atoms with Gasteiger partial charge in [-0.1, -0.05) is 0 Å². The molecule has 2 N–H and O–H groups in total. The van der Waals surface area contributed by atoms with Gasteiger partial charge < -0.3 is 15.2 Å². The summed E-state index contributed by atoms with van der Waals surface area (Å²) in [5.74, 6) is 0. The van der Waals surface area contributed by atoms with Crippen LogP contribution in [0.3, 0.4) is 0 Å². The maximum Gasteiger partial charge on any atom is 0.280 e. The number of non-ortho nitro benzene ring substituents is 1. The van der Waals surface area contributed by atoms with Gasteiger partial charge in [-0.2, -0.15) is 0 Å². The zero-order valence-corrected chi connectivity index (χ0v) is 11.5. The summed E-state index contributed by atoms with van der Waals surface area (Å²) in [6, 6.07) is 3.36. The Morgan fingerprint density at radius 3 is 2.57 bits per heavy atom. The molecule has 0 saturated carbocycles. The minimum absolute atomic E-state index is 0.0383. The Morgan fingerprint density at radius 2 is 2.05 bits per heavy atom. The maximum absolute atomic E-state index is 11.0. The molecule has 0 aliphatic carbocycles. The van der Waals surface area contributed by atoms with Gasteiger partial charge in [-0.15, -0.1) is 0 Å². The SMILES string of the molecule is COCC(CCO)NCc1ccc([N+](=O)[O-])cc1[N+](=O)[O-]. The summed E-state index contributed by atoms with van der Waals surface area (Å²) in [6.45, 7) is 0.465. The highest BCUT2D eigenvalue weighted by atomic mass is 16.6. The van der Waals surface area contributed by atoms with E-state index in [9.17, 15) is 20.2 Å². The fraction of sp³-hybridized carbons (Fsp3) is 0.500. The monoisotopic (exact) mass is 299 g/mol. The van der Waals surface area contributed by atoms with Crippen molar-refractivity contribution in [2.75, 3.05) is 20.3 Å². The van der Waals surface area contributed by atoms with Crippen LogP contribution in [0, 0.1) is 20.2 Å². The van der Waals surface area contributed by atoms with Crippen LogP contribution in [0.4, 0.5) is 11.4 Å². The molecule has 9 nitrogen and oxygen atoms in total. The molecule has 1 atom stereocenters. The lowest BCUT2D eigenvalue weighted by molar-refractivity contribution is -0.394. The van der Waals surface area contributed by atoms with Gasteiger partial charge in [0.2, 0.25) is 0 Å². The first-order chi connectivity index (χ1) is 9.99. The number of nitrogens with zero attached hydrogens (tertiary/aromatic N) is 2. The largest absolute Gasteiger partial charge is 0.396 e. The van der Waals surface area contributed by atoms with Gasteiger partial charge in [0.25, 0.3) is 11.4 Å². The highest BCUT2D eigenvalue weighted by molar-refractivity contribution is 5.49. The van der Waals surface area contributed by atoms with Crippen molar-refractivity contribution >= 4 is 11.4 Å². The molecular formula is C12H17N3O6. The minimum atomic E-state index is -0.677. The summed E-state index contributed by atoms with van der Waals surface area (Å²) in [7, 11) is 1.51. The Hall–Kier alpha value is -2.10. The van der Waals surface area contributed by atoms with Gasteiger partial charge in [-0.3, -0.25) is 20.2 Å². The first-order valence-corrected chi connectivity index (χ1v) is 6.24. The normalized spacial score (nSPS) is 12.1. The molecule has 0 heterocycles.